The van der Waals surface area contributed by atoms with Crippen LogP contribution in [0.15, 0.2) is 104 Å². The van der Waals surface area contributed by atoms with Crippen LogP contribution in [0.5, 0.6) is 0 Å². The Kier molecular flexibility index (Phi) is 4.45. The number of hydrogen-bond acceptors (Lipinski definition) is 0. The van der Waals surface area contributed by atoms with Crippen LogP contribution in [0.1, 0.15) is 37.8 Å². The molecule has 0 spiro atoms. The Hall–Kier alpha value is -1.89. The molecule has 1 heterocycles. The Morgan fingerprint density at radius 2 is 1.11 bits per heavy atom. The molecule has 0 radical (unpaired) electrons. The van der Waals surface area contributed by atoms with E-state index >= 15 is 0 Å². The fraction of sp³-hybridized carbons (Fsp3) is 0.259. The van der Waals surface area contributed by atoms with E-state index in [4.69, 9.17) is 0 Å². The van der Waals surface area contributed by atoms with Gasteiger partial charge in [0.15, 0.2) is 0 Å². The molecule has 0 saturated heterocycles. The van der Waals surface area contributed by atoms with Crippen molar-refractivity contribution in [2.45, 2.75) is 36.1 Å². The maximum absolute atomic E-state index is 2.56. The summed E-state index contributed by atoms with van der Waals surface area (Å²) in [4.78, 5) is 0. The van der Waals surface area contributed by atoms with Crippen molar-refractivity contribution in [3.63, 3.8) is 0 Å². The summed E-state index contributed by atoms with van der Waals surface area (Å²) in [5, 5.41) is 0. The van der Waals surface area contributed by atoms with Crippen LogP contribution in [0.25, 0.3) is 0 Å². The number of benzene rings is 2. The Morgan fingerprint density at radius 3 is 1.54 bits per heavy atom. The molecule has 5 rings (SSSR count). The van der Waals surface area contributed by atoms with Crippen molar-refractivity contribution in [2.24, 2.45) is 5.41 Å². The Morgan fingerprint density at radius 1 is 0.679 bits per heavy atom. The van der Waals surface area contributed by atoms with Crippen molar-refractivity contribution in [3.8, 4) is 0 Å². The molecule has 0 atom stereocenters. The normalized spacial score (nSPS) is 21.2. The van der Waals surface area contributed by atoms with Gasteiger partial charge in [-0.05, 0) is 0 Å². The molecule has 2 aliphatic carbocycles. The molecule has 3 aliphatic rings. The van der Waals surface area contributed by atoms with E-state index in [0.717, 1.165) is 0 Å². The topological polar surface area (TPSA) is 0 Å². The van der Waals surface area contributed by atoms with Gasteiger partial charge >= 0.3 is 173 Å². The van der Waals surface area contributed by atoms with Gasteiger partial charge in [-0.1, -0.05) is 0 Å². The van der Waals surface area contributed by atoms with Gasteiger partial charge in [0.2, 0.25) is 0 Å². The van der Waals surface area contributed by atoms with Gasteiger partial charge in [-0.25, -0.2) is 0 Å². The quantitative estimate of drug-likeness (QED) is 0.484. The summed E-state index contributed by atoms with van der Waals surface area (Å²) in [6, 6.07) is 22.5. The maximum atomic E-state index is 2.46. The van der Waals surface area contributed by atoms with Gasteiger partial charge in [0.05, 0.1) is 0 Å². The van der Waals surface area contributed by atoms with Gasteiger partial charge in [0.25, 0.3) is 0 Å². The summed E-state index contributed by atoms with van der Waals surface area (Å²) in [6.45, 7) is 4.89. The van der Waals surface area contributed by atoms with E-state index in [1.165, 1.54) is 33.4 Å². The summed E-state index contributed by atoms with van der Waals surface area (Å²) in [5.74, 6) is 0. The van der Waals surface area contributed by atoms with Crippen LogP contribution in [0, 0.1) is 5.41 Å². The predicted molar refractivity (Wildman–Crippen MR) is 116 cm³/mol. The molecule has 0 aromatic heterocycles. The minimum atomic E-state index is -2.56. The molecule has 0 bridgehead atoms. The molecule has 28 heavy (non-hydrogen) atoms. The molecule has 1 heteroatoms. The Labute approximate surface area is 172 Å². The van der Waals surface area contributed by atoms with E-state index in [1.54, 1.807) is 11.1 Å². The number of allylic oxidation sites excluding steroid dienone is 8. The molecule has 0 fully saturated rings. The molecule has 0 nitrogen and oxygen atoms in total. The summed E-state index contributed by atoms with van der Waals surface area (Å²) in [6.07, 6.45) is 12.1. The standard InChI is InChI=1S/C13H14.2C7H7.Ti/c1-13(2,11-7-3-4-8-11)12-9-5-6-10-12;2*1-7-5-3-2-4-6-7;/h3,5,7,9H,4,6H2,1-2H3;2*2-6H,1H2;. The molecule has 1 aliphatic heterocycles. The Balaban J connectivity index is 1.72. The van der Waals surface area contributed by atoms with E-state index in [9.17, 15) is 0 Å². The molecule has 140 valence electrons. The molecule has 2 aromatic carbocycles. The van der Waals surface area contributed by atoms with Gasteiger partial charge in [0.1, 0.15) is 0 Å². The van der Waals surface area contributed by atoms with Gasteiger partial charge < -0.3 is 0 Å². The molecule has 0 N–H and O–H groups in total. The van der Waals surface area contributed by atoms with Crippen molar-refractivity contribution in [1.29, 1.82) is 0 Å². The van der Waals surface area contributed by atoms with Crippen molar-refractivity contribution >= 4 is 0 Å². The molecular weight excluding hydrogens is 372 g/mol. The van der Waals surface area contributed by atoms with E-state index in [-0.39, 0.29) is 5.41 Å². The van der Waals surface area contributed by atoms with Crippen molar-refractivity contribution < 1.29 is 16.6 Å². The average molecular weight is 400 g/mol. The average Bonchev–Trinajstić information content (AvgIpc) is 3.39. The van der Waals surface area contributed by atoms with Crippen LogP contribution in [-0.4, -0.2) is 0 Å². The van der Waals surface area contributed by atoms with Gasteiger partial charge in [0, 0.05) is 0 Å². The van der Waals surface area contributed by atoms with Gasteiger partial charge in [-0.15, -0.1) is 0 Å². The van der Waals surface area contributed by atoms with Crippen LogP contribution in [0.3, 0.4) is 0 Å². The van der Waals surface area contributed by atoms with Crippen LogP contribution < -0.4 is 0 Å². The first-order valence-electron chi connectivity index (χ1n) is 10.5. The summed E-state index contributed by atoms with van der Waals surface area (Å²) in [5.41, 5.74) is 6.49. The second-order valence-electron chi connectivity index (χ2n) is 9.03. The van der Waals surface area contributed by atoms with Crippen molar-refractivity contribution in [3.05, 3.63) is 115 Å². The van der Waals surface area contributed by atoms with E-state index in [2.05, 4.69) is 98.8 Å². The summed E-state index contributed by atoms with van der Waals surface area (Å²) < 4.78 is 6.24. The molecule has 2 aromatic rings. The minimum absolute atomic E-state index is 0.160. The number of hydrogen-bond donors (Lipinski definition) is 0. The van der Waals surface area contributed by atoms with Gasteiger partial charge in [-0.2, -0.15) is 0 Å². The third-order valence-corrected chi connectivity index (χ3v) is 15.3. The van der Waals surface area contributed by atoms with Crippen LogP contribution in [0.2, 0.25) is 0 Å². The summed E-state index contributed by atoms with van der Waals surface area (Å²) in [7, 11) is 0. The fourth-order valence-corrected chi connectivity index (χ4v) is 15.2. The van der Waals surface area contributed by atoms with E-state index in [1.807, 2.05) is 7.76 Å². The summed E-state index contributed by atoms with van der Waals surface area (Å²) >= 11 is -2.56. The second kappa shape index (κ2) is 6.87. The Bertz CT molecular complexity index is 933. The third-order valence-electron chi connectivity index (χ3n) is 7.06. The first-order valence-corrected chi connectivity index (χ1v) is 14.3. The monoisotopic (exact) mass is 400 g/mol. The molecule has 0 unspecified atom stereocenters. The van der Waals surface area contributed by atoms with Gasteiger partial charge in [-0.3, -0.25) is 0 Å². The van der Waals surface area contributed by atoms with Crippen LogP contribution in [0.4, 0.5) is 0 Å². The van der Waals surface area contributed by atoms with Crippen molar-refractivity contribution in [2.75, 3.05) is 0 Å². The third kappa shape index (κ3) is 2.78. The molecule has 0 amide bonds. The van der Waals surface area contributed by atoms with Crippen molar-refractivity contribution in [1.82, 2.24) is 0 Å². The molecule has 0 saturated carbocycles. The second-order valence-corrected chi connectivity index (χ2v) is 15.4. The van der Waals surface area contributed by atoms with E-state index in [0.29, 0.717) is 0 Å². The first kappa shape index (κ1) is 18.2. The zero-order valence-corrected chi connectivity index (χ0v) is 18.5. The zero-order chi connectivity index (χ0) is 19.2. The van der Waals surface area contributed by atoms with E-state index < -0.39 is 16.6 Å². The zero-order valence-electron chi connectivity index (χ0n) is 16.9. The first-order chi connectivity index (χ1) is 13.6. The van der Waals surface area contributed by atoms with Crippen LogP contribution >= 0.6 is 0 Å². The van der Waals surface area contributed by atoms with Crippen LogP contribution in [-0.2, 0) is 26.0 Å². The molecular formula is C27H28Ti. The fourth-order valence-electron chi connectivity index (χ4n) is 5.79. The SMILES string of the molecule is CC1(C)C2=[C](CC=C2)[Ti]([CH2]c2ccccc2)([CH2]c2ccccc2)[C]2=C1C=CC2. The predicted octanol–water partition coefficient (Wildman–Crippen LogP) is 7.01. The number of rotatable bonds is 4.